The maximum absolute atomic E-state index is 13.2. The lowest BCUT2D eigenvalue weighted by molar-refractivity contribution is -0.132. The molecule has 6 heteroatoms. The fourth-order valence-corrected chi connectivity index (χ4v) is 3.81. The van der Waals surface area contributed by atoms with Gasteiger partial charge in [0.15, 0.2) is 0 Å². The molecule has 1 amide bonds. The highest BCUT2D eigenvalue weighted by Crippen LogP contribution is 2.15. The maximum atomic E-state index is 13.2. The van der Waals surface area contributed by atoms with E-state index in [0.717, 1.165) is 22.3 Å². The SMILES string of the molecule is Cc1ccccc1CN(Cc1cccnc1)C(=O)CCn1cnc2c(C)cccc2c1=O. The van der Waals surface area contributed by atoms with Crippen molar-refractivity contribution in [2.24, 2.45) is 0 Å². The Morgan fingerprint density at radius 3 is 2.56 bits per heavy atom. The van der Waals surface area contributed by atoms with Gasteiger partial charge in [0.1, 0.15) is 0 Å². The van der Waals surface area contributed by atoms with Crippen molar-refractivity contribution in [3.05, 3.63) is 106 Å². The third kappa shape index (κ3) is 4.75. The van der Waals surface area contributed by atoms with Crippen molar-refractivity contribution in [2.75, 3.05) is 0 Å². The highest BCUT2D eigenvalue weighted by atomic mass is 16.2. The summed E-state index contributed by atoms with van der Waals surface area (Å²) in [6, 6.07) is 17.5. The number of carbonyl (C=O) groups excluding carboxylic acids is 1. The molecule has 0 aliphatic carbocycles. The first-order chi connectivity index (χ1) is 15.5. The van der Waals surface area contributed by atoms with Crippen LogP contribution in [0.3, 0.4) is 0 Å². The smallest absolute Gasteiger partial charge is 0.261 e. The number of hydrogen-bond acceptors (Lipinski definition) is 4. The number of pyridine rings is 1. The van der Waals surface area contributed by atoms with E-state index < -0.39 is 0 Å². The van der Waals surface area contributed by atoms with Crippen LogP contribution >= 0.6 is 0 Å². The number of carbonyl (C=O) groups is 1. The minimum atomic E-state index is -0.121. The van der Waals surface area contributed by atoms with Crippen LogP contribution in [0.2, 0.25) is 0 Å². The molecule has 0 radical (unpaired) electrons. The zero-order valence-electron chi connectivity index (χ0n) is 18.4. The molecule has 0 aliphatic heterocycles. The molecule has 0 N–H and O–H groups in total. The summed E-state index contributed by atoms with van der Waals surface area (Å²) >= 11 is 0. The van der Waals surface area contributed by atoms with Crippen LogP contribution in [0.25, 0.3) is 10.9 Å². The van der Waals surface area contributed by atoms with E-state index >= 15 is 0 Å². The first-order valence-corrected chi connectivity index (χ1v) is 10.7. The highest BCUT2D eigenvalue weighted by molar-refractivity contribution is 5.80. The zero-order chi connectivity index (χ0) is 22.5. The first-order valence-electron chi connectivity index (χ1n) is 10.7. The lowest BCUT2D eigenvalue weighted by Crippen LogP contribution is -2.32. The summed E-state index contributed by atoms with van der Waals surface area (Å²) in [6.07, 6.45) is 5.25. The monoisotopic (exact) mass is 426 g/mol. The average Bonchev–Trinajstić information content (AvgIpc) is 2.80. The summed E-state index contributed by atoms with van der Waals surface area (Å²) < 4.78 is 1.52. The van der Waals surface area contributed by atoms with E-state index in [1.54, 1.807) is 18.5 Å². The summed E-state index contributed by atoms with van der Waals surface area (Å²) in [6.45, 7) is 5.23. The summed E-state index contributed by atoms with van der Waals surface area (Å²) in [5.74, 6) is -0.0201. The summed E-state index contributed by atoms with van der Waals surface area (Å²) in [7, 11) is 0. The molecule has 162 valence electrons. The van der Waals surface area contributed by atoms with Gasteiger partial charge in [-0.1, -0.05) is 42.5 Å². The molecule has 0 atom stereocenters. The largest absolute Gasteiger partial charge is 0.334 e. The Hall–Kier alpha value is -3.80. The van der Waals surface area contributed by atoms with Gasteiger partial charge >= 0.3 is 0 Å². The topological polar surface area (TPSA) is 68.1 Å². The predicted molar refractivity (Wildman–Crippen MR) is 125 cm³/mol. The molecule has 2 aromatic heterocycles. The first kappa shape index (κ1) is 21.4. The third-order valence-corrected chi connectivity index (χ3v) is 5.69. The van der Waals surface area contributed by atoms with Gasteiger partial charge < -0.3 is 4.90 Å². The summed E-state index contributed by atoms with van der Waals surface area (Å²) in [5.41, 5.74) is 4.76. The van der Waals surface area contributed by atoms with E-state index in [1.807, 2.05) is 67.3 Å². The van der Waals surface area contributed by atoms with Gasteiger partial charge in [-0.05, 0) is 48.2 Å². The Morgan fingerprint density at radius 2 is 1.78 bits per heavy atom. The second-order valence-corrected chi connectivity index (χ2v) is 8.00. The Morgan fingerprint density at radius 1 is 0.969 bits per heavy atom. The molecule has 0 saturated carbocycles. The fourth-order valence-electron chi connectivity index (χ4n) is 3.81. The van der Waals surface area contributed by atoms with Crippen molar-refractivity contribution >= 4 is 16.8 Å². The van der Waals surface area contributed by atoms with Crippen LogP contribution in [-0.2, 0) is 24.4 Å². The number of para-hydroxylation sites is 1. The average molecular weight is 427 g/mol. The van der Waals surface area contributed by atoms with Gasteiger partial charge in [-0.3, -0.25) is 19.1 Å². The van der Waals surface area contributed by atoms with Crippen molar-refractivity contribution < 1.29 is 4.79 Å². The molecule has 0 bridgehead atoms. The van der Waals surface area contributed by atoms with Crippen LogP contribution in [0.15, 0.2) is 78.1 Å². The van der Waals surface area contributed by atoms with Gasteiger partial charge in [-0.2, -0.15) is 0 Å². The molecule has 0 unspecified atom stereocenters. The Bertz CT molecular complexity index is 1300. The number of amides is 1. The number of fused-ring (bicyclic) bond motifs is 1. The van der Waals surface area contributed by atoms with E-state index in [9.17, 15) is 9.59 Å². The van der Waals surface area contributed by atoms with Crippen molar-refractivity contribution in [3.8, 4) is 0 Å². The van der Waals surface area contributed by atoms with Gasteiger partial charge in [0, 0.05) is 38.4 Å². The van der Waals surface area contributed by atoms with Crippen LogP contribution in [-0.4, -0.2) is 25.3 Å². The van der Waals surface area contributed by atoms with Crippen molar-refractivity contribution in [2.45, 2.75) is 39.9 Å². The molecular formula is C26H26N4O2. The second-order valence-electron chi connectivity index (χ2n) is 8.00. The van der Waals surface area contributed by atoms with Crippen molar-refractivity contribution in [3.63, 3.8) is 0 Å². The number of rotatable bonds is 7. The minimum absolute atomic E-state index is 0.0201. The molecule has 0 spiro atoms. The standard InChI is InChI=1S/C26H26N4O2/c1-19-7-3-4-10-22(19)17-30(16-21-9-6-13-27-15-21)24(31)12-14-29-18-28-25-20(2)8-5-11-23(25)26(29)32/h3-11,13,15,18H,12,14,16-17H2,1-2H3. The van der Waals surface area contributed by atoms with Gasteiger partial charge in [0.2, 0.25) is 5.91 Å². The highest BCUT2D eigenvalue weighted by Gasteiger charge is 2.16. The Balaban J connectivity index is 1.54. The minimum Gasteiger partial charge on any atom is -0.334 e. The number of hydrogen-bond donors (Lipinski definition) is 0. The van der Waals surface area contributed by atoms with Gasteiger partial charge in [-0.15, -0.1) is 0 Å². The normalized spacial score (nSPS) is 10.9. The Labute approximate surface area is 187 Å². The Kier molecular flexibility index (Phi) is 6.40. The molecule has 2 heterocycles. The molecular weight excluding hydrogens is 400 g/mol. The number of aromatic nitrogens is 3. The van der Waals surface area contributed by atoms with E-state index in [1.165, 1.54) is 10.9 Å². The van der Waals surface area contributed by atoms with E-state index in [-0.39, 0.29) is 24.4 Å². The van der Waals surface area contributed by atoms with Gasteiger partial charge in [0.05, 0.1) is 17.2 Å². The fraction of sp³-hybridized carbons (Fsp3) is 0.231. The van der Waals surface area contributed by atoms with Crippen LogP contribution in [0.1, 0.15) is 28.7 Å². The van der Waals surface area contributed by atoms with Crippen LogP contribution in [0.5, 0.6) is 0 Å². The third-order valence-electron chi connectivity index (χ3n) is 5.69. The number of aryl methyl sites for hydroxylation is 3. The van der Waals surface area contributed by atoms with Crippen LogP contribution in [0, 0.1) is 13.8 Å². The van der Waals surface area contributed by atoms with E-state index in [0.29, 0.717) is 24.0 Å². The van der Waals surface area contributed by atoms with Gasteiger partial charge in [-0.25, -0.2) is 4.98 Å². The molecule has 0 fully saturated rings. The second kappa shape index (κ2) is 9.56. The van der Waals surface area contributed by atoms with E-state index in [2.05, 4.69) is 9.97 Å². The van der Waals surface area contributed by atoms with Crippen LogP contribution < -0.4 is 5.56 Å². The molecule has 0 saturated heterocycles. The quantitative estimate of drug-likeness (QED) is 0.448. The zero-order valence-corrected chi connectivity index (χ0v) is 18.4. The predicted octanol–water partition coefficient (Wildman–Crippen LogP) is 4.03. The maximum Gasteiger partial charge on any atom is 0.261 e. The molecule has 4 aromatic rings. The lowest BCUT2D eigenvalue weighted by atomic mass is 10.1. The number of benzene rings is 2. The molecule has 32 heavy (non-hydrogen) atoms. The lowest BCUT2D eigenvalue weighted by Gasteiger charge is -2.24. The molecule has 4 rings (SSSR count). The van der Waals surface area contributed by atoms with E-state index in [4.69, 9.17) is 0 Å². The van der Waals surface area contributed by atoms with Crippen LogP contribution in [0.4, 0.5) is 0 Å². The molecule has 6 nitrogen and oxygen atoms in total. The molecule has 2 aromatic carbocycles. The van der Waals surface area contributed by atoms with Crippen molar-refractivity contribution in [1.82, 2.24) is 19.4 Å². The molecule has 0 aliphatic rings. The number of nitrogens with zero attached hydrogens (tertiary/aromatic N) is 4. The summed E-state index contributed by atoms with van der Waals surface area (Å²) in [5, 5.41) is 0.576. The van der Waals surface area contributed by atoms with Crippen molar-refractivity contribution in [1.29, 1.82) is 0 Å². The van der Waals surface area contributed by atoms with Gasteiger partial charge in [0.25, 0.3) is 5.56 Å². The summed E-state index contributed by atoms with van der Waals surface area (Å²) in [4.78, 5) is 36.5.